The van der Waals surface area contributed by atoms with Gasteiger partial charge in [0, 0.05) is 26.3 Å². The average Bonchev–Trinajstić information content (AvgIpc) is 3.18. The van der Waals surface area contributed by atoms with Gasteiger partial charge in [-0.3, -0.25) is 9.59 Å². The number of nitrogens with one attached hydrogen (secondary N) is 2. The van der Waals surface area contributed by atoms with E-state index in [-0.39, 0.29) is 40.5 Å². The molecular weight excluding hydrogens is 436 g/mol. The summed E-state index contributed by atoms with van der Waals surface area (Å²) in [6.07, 6.45) is 3.86. The molecule has 2 heterocycles. The molecule has 0 aliphatic carbocycles. The summed E-state index contributed by atoms with van der Waals surface area (Å²) in [5.74, 6) is -1.41. The molecule has 0 radical (unpaired) electrons. The number of carboxylic acids is 1. The molecule has 0 saturated carbocycles. The number of carbonyl (C=O) groups is 3. The van der Waals surface area contributed by atoms with Crippen LogP contribution in [0.4, 0.5) is 0 Å². The van der Waals surface area contributed by atoms with Crippen LogP contribution in [0, 0.1) is 0 Å². The Hall–Kier alpha value is -3.17. The highest BCUT2D eigenvalue weighted by atomic mass is 35.5. The van der Waals surface area contributed by atoms with E-state index in [0.717, 1.165) is 5.56 Å². The van der Waals surface area contributed by atoms with Gasteiger partial charge in [-0.15, -0.1) is 0 Å². The molecule has 3 rings (SSSR count). The van der Waals surface area contributed by atoms with Gasteiger partial charge in [0.1, 0.15) is 0 Å². The zero-order chi connectivity index (χ0) is 23.3. The molecule has 1 aromatic heterocycles. The molecule has 2 atom stereocenters. The zero-order valence-electron chi connectivity index (χ0n) is 17.8. The van der Waals surface area contributed by atoms with Gasteiger partial charge in [-0.1, -0.05) is 30.7 Å². The summed E-state index contributed by atoms with van der Waals surface area (Å²) >= 11 is 6.01. The van der Waals surface area contributed by atoms with E-state index < -0.39 is 5.97 Å². The van der Waals surface area contributed by atoms with Gasteiger partial charge in [0.25, 0.3) is 5.91 Å². The number of benzene rings is 1. The first-order valence-electron chi connectivity index (χ1n) is 10.2. The molecule has 1 fully saturated rings. The van der Waals surface area contributed by atoms with E-state index in [1.54, 1.807) is 23.1 Å². The van der Waals surface area contributed by atoms with E-state index in [2.05, 4.69) is 15.3 Å². The Balaban J connectivity index is 1.58. The second kappa shape index (κ2) is 10.4. The minimum absolute atomic E-state index is 0.150. The number of aromatic nitrogens is 2. The summed E-state index contributed by atoms with van der Waals surface area (Å²) in [6.45, 7) is 2.68. The lowest BCUT2D eigenvalue weighted by Crippen LogP contribution is -2.55. The van der Waals surface area contributed by atoms with Crippen molar-refractivity contribution in [3.8, 4) is 0 Å². The third kappa shape index (κ3) is 5.54. The van der Waals surface area contributed by atoms with Crippen molar-refractivity contribution in [3.63, 3.8) is 0 Å². The monoisotopic (exact) mass is 460 g/mol. The predicted octanol–water partition coefficient (Wildman–Crippen LogP) is 2.38. The van der Waals surface area contributed by atoms with Crippen molar-refractivity contribution in [3.05, 3.63) is 58.1 Å². The lowest BCUT2D eigenvalue weighted by atomic mass is 10.0. The highest BCUT2D eigenvalue weighted by Crippen LogP contribution is 2.17. The normalized spacial score (nSPS) is 18.7. The summed E-state index contributed by atoms with van der Waals surface area (Å²) < 4.78 is 5.52. The number of piperidine rings is 1. The number of aromatic carboxylic acids is 1. The molecule has 9 nitrogen and oxygen atoms in total. The van der Waals surface area contributed by atoms with Crippen LogP contribution in [0.1, 0.15) is 45.6 Å². The second-order valence-corrected chi connectivity index (χ2v) is 7.75. The fourth-order valence-electron chi connectivity index (χ4n) is 3.50. The maximum Gasteiger partial charge on any atom is 0.335 e. The van der Waals surface area contributed by atoms with Crippen LogP contribution in [-0.4, -0.2) is 70.1 Å². The number of hydrogen-bond donors (Lipinski definition) is 3. The number of carboxylic acid groups (broad SMARTS) is 1. The number of hydrogen-bond acceptors (Lipinski definition) is 5. The summed E-state index contributed by atoms with van der Waals surface area (Å²) in [6, 6.07) is 5.96. The number of halogens is 1. The number of aryl methyl sites for hydroxylation is 1. The molecule has 10 heteroatoms. The van der Waals surface area contributed by atoms with Crippen molar-refractivity contribution < 1.29 is 24.2 Å². The van der Waals surface area contributed by atoms with Gasteiger partial charge >= 0.3 is 5.97 Å². The van der Waals surface area contributed by atoms with Crippen LogP contribution in [0.2, 0.25) is 5.15 Å². The van der Waals surface area contributed by atoms with Crippen molar-refractivity contribution >= 4 is 35.5 Å². The first kappa shape index (κ1) is 23.5. The molecule has 0 spiro atoms. The molecule has 1 aromatic carbocycles. The van der Waals surface area contributed by atoms with Gasteiger partial charge in [-0.25, -0.2) is 9.78 Å². The van der Waals surface area contributed by atoms with Gasteiger partial charge < -0.3 is 25.0 Å². The van der Waals surface area contributed by atoms with Crippen molar-refractivity contribution in [2.75, 3.05) is 20.2 Å². The molecule has 2 unspecified atom stereocenters. The predicted molar refractivity (Wildman–Crippen MR) is 119 cm³/mol. The number of ether oxygens (including phenoxy) is 1. The minimum atomic E-state index is -1.00. The smallest absolute Gasteiger partial charge is 0.335 e. The van der Waals surface area contributed by atoms with Crippen LogP contribution in [0.25, 0.3) is 6.08 Å². The Morgan fingerprint density at radius 2 is 2.06 bits per heavy atom. The maximum absolute atomic E-state index is 12.6. The van der Waals surface area contributed by atoms with Crippen molar-refractivity contribution in [2.24, 2.45) is 0 Å². The molecular formula is C22H25ClN4O5. The first-order chi connectivity index (χ1) is 15.3. The van der Waals surface area contributed by atoms with Crippen LogP contribution < -0.4 is 5.32 Å². The SMILES string of the molecule is CCc1[nH]c(C(=O)NC2CCN(C(=O)/C=C\c3ccc(C(=O)O)cc3)CC2OC)nc1Cl. The van der Waals surface area contributed by atoms with Crippen LogP contribution >= 0.6 is 11.6 Å². The molecule has 32 heavy (non-hydrogen) atoms. The van der Waals surface area contributed by atoms with Crippen LogP contribution in [-0.2, 0) is 16.0 Å². The summed E-state index contributed by atoms with van der Waals surface area (Å²) in [4.78, 5) is 44.7. The number of likely N-dealkylation sites (tertiary alicyclic amines) is 1. The number of amides is 2. The number of rotatable bonds is 7. The van der Waals surface area contributed by atoms with Gasteiger partial charge in [-0.05, 0) is 36.6 Å². The Morgan fingerprint density at radius 3 is 2.66 bits per heavy atom. The second-order valence-electron chi connectivity index (χ2n) is 7.40. The maximum atomic E-state index is 12.6. The summed E-state index contributed by atoms with van der Waals surface area (Å²) in [5.41, 5.74) is 1.60. The summed E-state index contributed by atoms with van der Waals surface area (Å²) in [7, 11) is 1.54. The Labute approximate surface area is 190 Å². The number of methoxy groups -OCH3 is 1. The topological polar surface area (TPSA) is 125 Å². The Morgan fingerprint density at radius 1 is 1.34 bits per heavy atom. The Bertz CT molecular complexity index is 1020. The van der Waals surface area contributed by atoms with Gasteiger partial charge in [-0.2, -0.15) is 0 Å². The van der Waals surface area contributed by atoms with E-state index in [9.17, 15) is 14.4 Å². The van der Waals surface area contributed by atoms with E-state index in [4.69, 9.17) is 21.4 Å². The standard InChI is InChI=1S/C22H25ClN4O5/c1-3-15-19(23)26-20(24-15)21(29)25-16-10-11-27(12-17(16)32-2)18(28)9-6-13-4-7-14(8-5-13)22(30)31/h4-9,16-17H,3,10-12H2,1-2H3,(H,24,26)(H,25,29)(H,30,31)/b9-6-. The molecule has 1 aliphatic heterocycles. The summed E-state index contributed by atoms with van der Waals surface area (Å²) in [5, 5.41) is 12.1. The third-order valence-corrected chi connectivity index (χ3v) is 5.68. The van der Waals surface area contributed by atoms with Crippen LogP contribution in [0.5, 0.6) is 0 Å². The molecule has 0 bridgehead atoms. The molecule has 1 saturated heterocycles. The molecule has 1 aliphatic rings. The van der Waals surface area contributed by atoms with E-state index in [1.807, 2.05) is 6.92 Å². The fraction of sp³-hybridized carbons (Fsp3) is 0.364. The van der Waals surface area contributed by atoms with Gasteiger partial charge in [0.05, 0.1) is 23.4 Å². The number of nitrogens with zero attached hydrogens (tertiary/aromatic N) is 2. The highest BCUT2D eigenvalue weighted by molar-refractivity contribution is 6.30. The van der Waals surface area contributed by atoms with Crippen LogP contribution in [0.15, 0.2) is 30.3 Å². The molecule has 3 N–H and O–H groups in total. The van der Waals surface area contributed by atoms with Crippen molar-refractivity contribution in [1.29, 1.82) is 0 Å². The van der Waals surface area contributed by atoms with Gasteiger partial charge in [0.15, 0.2) is 11.0 Å². The number of aromatic amines is 1. The fourth-order valence-corrected chi connectivity index (χ4v) is 3.76. The largest absolute Gasteiger partial charge is 0.478 e. The van der Waals surface area contributed by atoms with E-state index in [0.29, 0.717) is 31.6 Å². The van der Waals surface area contributed by atoms with Crippen LogP contribution in [0.3, 0.4) is 0 Å². The third-order valence-electron chi connectivity index (χ3n) is 5.36. The van der Waals surface area contributed by atoms with Crippen molar-refractivity contribution in [2.45, 2.75) is 31.9 Å². The van der Waals surface area contributed by atoms with Gasteiger partial charge in [0.2, 0.25) is 5.91 Å². The van der Waals surface area contributed by atoms with Crippen molar-refractivity contribution in [1.82, 2.24) is 20.2 Å². The average molecular weight is 461 g/mol. The molecule has 2 amide bonds. The van der Waals surface area contributed by atoms with E-state index in [1.165, 1.54) is 25.3 Å². The number of carbonyl (C=O) groups excluding carboxylic acids is 2. The lowest BCUT2D eigenvalue weighted by Gasteiger charge is -2.37. The number of H-pyrrole nitrogens is 1. The minimum Gasteiger partial charge on any atom is -0.478 e. The Kier molecular flexibility index (Phi) is 7.66. The zero-order valence-corrected chi connectivity index (χ0v) is 18.6. The highest BCUT2D eigenvalue weighted by Gasteiger charge is 2.32. The number of imidazole rings is 1. The molecule has 2 aromatic rings. The molecule has 170 valence electrons. The first-order valence-corrected chi connectivity index (χ1v) is 10.6. The lowest BCUT2D eigenvalue weighted by molar-refractivity contribution is -0.130. The van der Waals surface area contributed by atoms with E-state index >= 15 is 0 Å². The quantitative estimate of drug-likeness (QED) is 0.545.